The molecule has 14 nitrogen and oxygen atoms in total. The van der Waals surface area contributed by atoms with Crippen molar-refractivity contribution in [3.05, 3.63) is 0 Å². The van der Waals surface area contributed by atoms with Crippen LogP contribution >= 0.6 is 0 Å². The average molecular weight is 509 g/mol. The van der Waals surface area contributed by atoms with Gasteiger partial charge in [0.25, 0.3) is 11.8 Å². The molecular formula is C22H32N6O8. The van der Waals surface area contributed by atoms with E-state index in [-0.39, 0.29) is 26.4 Å². The van der Waals surface area contributed by atoms with Gasteiger partial charge in [0.05, 0.1) is 0 Å². The summed E-state index contributed by atoms with van der Waals surface area (Å²) in [5.74, 6) is -3.00. The molecule has 4 unspecified atom stereocenters. The second-order valence-electron chi connectivity index (χ2n) is 9.06. The quantitative estimate of drug-likeness (QED) is 0.406. The molecule has 0 spiro atoms. The minimum Gasteiger partial charge on any atom is -0.372 e. The summed E-state index contributed by atoms with van der Waals surface area (Å²) >= 11 is 0. The average Bonchev–Trinajstić information content (AvgIpc) is 3.25. The molecule has 36 heavy (non-hydrogen) atoms. The van der Waals surface area contributed by atoms with Crippen molar-refractivity contribution in [1.82, 2.24) is 29.4 Å². The first-order chi connectivity index (χ1) is 17.0. The first kappa shape index (κ1) is 25.8. The highest BCUT2D eigenvalue weighted by molar-refractivity contribution is 5.89. The lowest BCUT2D eigenvalue weighted by molar-refractivity contribution is -0.193. The summed E-state index contributed by atoms with van der Waals surface area (Å²) in [7, 11) is 0. The molecule has 5 aliphatic heterocycles. The van der Waals surface area contributed by atoms with Crippen molar-refractivity contribution in [2.45, 2.75) is 78.5 Å². The summed E-state index contributed by atoms with van der Waals surface area (Å²) in [6, 6.07) is 0. The van der Waals surface area contributed by atoms with Gasteiger partial charge in [0, 0.05) is 40.9 Å². The summed E-state index contributed by atoms with van der Waals surface area (Å²) in [5, 5.41) is 0. The molecule has 0 aromatic rings. The Morgan fingerprint density at radius 1 is 0.472 bits per heavy atom. The van der Waals surface area contributed by atoms with Crippen LogP contribution in [-0.2, 0) is 38.2 Å². The van der Waals surface area contributed by atoms with Crippen molar-refractivity contribution >= 4 is 35.4 Å². The summed E-state index contributed by atoms with van der Waals surface area (Å²) in [4.78, 5) is 87.5. The summed E-state index contributed by atoms with van der Waals surface area (Å²) in [6.07, 6.45) is -6.56. The maximum absolute atomic E-state index is 13.6. The molecule has 5 fully saturated rings. The van der Waals surface area contributed by atoms with Gasteiger partial charge in [-0.1, -0.05) is 0 Å². The monoisotopic (exact) mass is 508 g/mol. The zero-order valence-electron chi connectivity index (χ0n) is 21.2. The summed E-state index contributed by atoms with van der Waals surface area (Å²) in [6.45, 7) is 8.38. The van der Waals surface area contributed by atoms with Crippen LogP contribution in [0.5, 0.6) is 0 Å². The number of carbonyl (C=O) groups excluding carboxylic acids is 6. The van der Waals surface area contributed by atoms with Crippen molar-refractivity contribution in [1.29, 1.82) is 0 Å². The largest absolute Gasteiger partial charge is 0.372 e. The fourth-order valence-electron chi connectivity index (χ4n) is 6.07. The highest BCUT2D eigenvalue weighted by Crippen LogP contribution is 2.51. The van der Waals surface area contributed by atoms with Crippen LogP contribution in [0.1, 0.15) is 41.5 Å². The van der Waals surface area contributed by atoms with Crippen molar-refractivity contribution in [3.63, 3.8) is 0 Å². The van der Waals surface area contributed by atoms with Gasteiger partial charge in [-0.3, -0.25) is 58.2 Å². The van der Waals surface area contributed by atoms with Gasteiger partial charge in [-0.05, 0) is 13.8 Å². The summed E-state index contributed by atoms with van der Waals surface area (Å²) < 4.78 is 10.7. The molecule has 0 aromatic carbocycles. The second kappa shape index (κ2) is 9.32. The van der Waals surface area contributed by atoms with Crippen molar-refractivity contribution in [2.24, 2.45) is 0 Å². The van der Waals surface area contributed by atoms with Crippen LogP contribution in [0.15, 0.2) is 0 Å². The van der Waals surface area contributed by atoms with Gasteiger partial charge in [0.2, 0.25) is 23.6 Å². The van der Waals surface area contributed by atoms with Crippen LogP contribution in [0.3, 0.4) is 0 Å². The maximum Gasteiger partial charge on any atom is 0.252 e. The normalized spacial score (nSPS) is 29.8. The lowest BCUT2D eigenvalue weighted by Gasteiger charge is -2.54. The van der Waals surface area contributed by atoms with Crippen LogP contribution in [0.4, 0.5) is 0 Å². The Hall–Kier alpha value is -3.26. The van der Waals surface area contributed by atoms with Crippen molar-refractivity contribution in [3.8, 4) is 0 Å². The Morgan fingerprint density at radius 2 is 0.694 bits per heavy atom. The van der Waals surface area contributed by atoms with E-state index in [2.05, 4.69) is 0 Å². The van der Waals surface area contributed by atoms with Crippen LogP contribution < -0.4 is 0 Å². The zero-order valence-corrected chi connectivity index (χ0v) is 21.2. The Balaban J connectivity index is 2.03. The number of rotatable bonds is 6. The van der Waals surface area contributed by atoms with Gasteiger partial charge >= 0.3 is 0 Å². The zero-order chi connectivity index (χ0) is 26.6. The summed E-state index contributed by atoms with van der Waals surface area (Å²) in [5.41, 5.74) is 0. The molecule has 4 atom stereocenters. The molecular weight excluding hydrogens is 476 g/mol. The van der Waals surface area contributed by atoms with E-state index >= 15 is 0 Å². The predicted molar refractivity (Wildman–Crippen MR) is 119 cm³/mol. The third kappa shape index (κ3) is 3.45. The molecule has 0 radical (unpaired) electrons. The smallest absolute Gasteiger partial charge is 0.252 e. The Kier molecular flexibility index (Phi) is 6.68. The molecule has 5 aliphatic rings. The molecule has 0 aliphatic carbocycles. The fourth-order valence-corrected chi connectivity index (χ4v) is 6.07. The molecule has 0 saturated carbocycles. The molecule has 6 bridgehead atoms. The minimum atomic E-state index is -1.11. The van der Waals surface area contributed by atoms with Crippen LogP contribution in [0, 0.1) is 0 Å². The standard InChI is InChI=1S/C22H32N6O8/c1-7-35-9-15(33)27-19-21-25(13(5)31)17(23(19)11(3)29)18-24(12(4)30)20(27)22(26(18)14(6)32)28(21)16(34)10-36-8-2/h17-22H,7-10H2,1-6H3. The molecule has 6 amide bonds. The Bertz CT molecular complexity index is 871. The molecule has 198 valence electrons. The fraction of sp³-hybridized carbons (Fsp3) is 0.727. The number of hydrogen-bond acceptors (Lipinski definition) is 8. The van der Waals surface area contributed by atoms with E-state index in [0.29, 0.717) is 0 Å². The minimum absolute atomic E-state index is 0.248. The maximum atomic E-state index is 13.6. The van der Waals surface area contributed by atoms with Crippen LogP contribution in [0.2, 0.25) is 0 Å². The first-order valence-electron chi connectivity index (χ1n) is 11.9. The number of piperazine rings is 1. The SMILES string of the molecule is CCOCC(=O)N1C2C3N(C(C)=O)C(C4N(C(C)=O)C1C(N4C(C)=O)N3C(=O)COCC)N2C(C)=O. The molecule has 5 rings (SSSR count). The highest BCUT2D eigenvalue weighted by atomic mass is 16.5. The molecule has 5 saturated heterocycles. The number of hydrogen-bond donors (Lipinski definition) is 0. The van der Waals surface area contributed by atoms with Crippen molar-refractivity contribution < 1.29 is 38.2 Å². The lowest BCUT2D eigenvalue weighted by atomic mass is 10.1. The Morgan fingerprint density at radius 3 is 0.889 bits per heavy atom. The van der Waals surface area contributed by atoms with Crippen molar-refractivity contribution in [2.75, 3.05) is 26.4 Å². The lowest BCUT2D eigenvalue weighted by Crippen LogP contribution is -2.77. The Labute approximate surface area is 208 Å². The molecule has 14 heteroatoms. The van der Waals surface area contributed by atoms with Gasteiger partial charge in [-0.2, -0.15) is 0 Å². The molecule has 5 heterocycles. The van der Waals surface area contributed by atoms with E-state index in [4.69, 9.17) is 9.47 Å². The third-order valence-electron chi connectivity index (χ3n) is 7.11. The van der Waals surface area contributed by atoms with E-state index < -0.39 is 72.4 Å². The van der Waals surface area contributed by atoms with Crippen LogP contribution in [0.25, 0.3) is 0 Å². The van der Waals surface area contributed by atoms with E-state index in [1.54, 1.807) is 13.8 Å². The van der Waals surface area contributed by atoms with Gasteiger partial charge in [-0.25, -0.2) is 0 Å². The van der Waals surface area contributed by atoms with Crippen LogP contribution in [-0.4, -0.2) is 128 Å². The number of ether oxygens (including phenoxy) is 2. The van der Waals surface area contributed by atoms with E-state index in [9.17, 15) is 28.8 Å². The number of amides is 6. The molecule has 0 N–H and O–H groups in total. The first-order valence-corrected chi connectivity index (χ1v) is 11.9. The van der Waals surface area contributed by atoms with Gasteiger partial charge in [0.1, 0.15) is 13.2 Å². The molecule has 0 aromatic heterocycles. The third-order valence-corrected chi connectivity index (χ3v) is 7.11. The van der Waals surface area contributed by atoms with Gasteiger partial charge in [-0.15, -0.1) is 0 Å². The van der Waals surface area contributed by atoms with E-state index in [1.165, 1.54) is 57.1 Å². The van der Waals surface area contributed by atoms with Gasteiger partial charge in [0.15, 0.2) is 37.0 Å². The predicted octanol–water partition coefficient (Wildman–Crippen LogP) is -1.88. The van der Waals surface area contributed by atoms with E-state index in [0.717, 1.165) is 0 Å². The second-order valence-corrected chi connectivity index (χ2v) is 9.06. The number of nitrogens with zero attached hydrogens (tertiary/aromatic N) is 6. The highest BCUT2D eigenvalue weighted by Gasteiger charge is 2.76. The van der Waals surface area contributed by atoms with Gasteiger partial charge < -0.3 is 9.47 Å². The number of carbonyl (C=O) groups is 6. The van der Waals surface area contributed by atoms with E-state index in [1.807, 2.05) is 0 Å². The topological polar surface area (TPSA) is 140 Å².